The molecule has 0 radical (unpaired) electrons. The molecular weight excluding hydrogens is 409 g/mol. The lowest BCUT2D eigenvalue weighted by Gasteiger charge is -2.42. The molecular formula is C21H32FN3O6. The fraction of sp³-hybridized carbons (Fsp3) is 0.714. The lowest BCUT2D eigenvalue weighted by Crippen LogP contribution is -2.52. The molecule has 2 fully saturated rings. The van der Waals surface area contributed by atoms with Crippen molar-refractivity contribution < 1.29 is 36.0 Å². The van der Waals surface area contributed by atoms with E-state index in [4.69, 9.17) is 21.7 Å². The predicted octanol–water partition coefficient (Wildman–Crippen LogP) is 0.799. The normalized spacial score (nSPS) is 20.2. The van der Waals surface area contributed by atoms with Gasteiger partial charge in [-0.2, -0.15) is 0 Å². The molecule has 1 aromatic rings. The van der Waals surface area contributed by atoms with Gasteiger partial charge in [-0.1, -0.05) is 0 Å². The summed E-state index contributed by atoms with van der Waals surface area (Å²) in [6.45, 7) is 1.20. The summed E-state index contributed by atoms with van der Waals surface area (Å²) < 4.78 is 49.1. The first kappa shape index (κ1) is 20.9. The maximum atomic E-state index is 13.0. The molecule has 10 heteroatoms. The van der Waals surface area contributed by atoms with Crippen molar-refractivity contribution in [1.82, 2.24) is 10.3 Å². The van der Waals surface area contributed by atoms with Crippen LogP contribution >= 0.6 is 0 Å². The van der Waals surface area contributed by atoms with Crippen molar-refractivity contribution in [3.8, 4) is 5.88 Å². The molecule has 0 bridgehead atoms. The van der Waals surface area contributed by atoms with Crippen LogP contribution in [0.15, 0.2) is 12.1 Å². The highest BCUT2D eigenvalue weighted by molar-refractivity contribution is 5.93. The molecule has 1 atom stereocenters. The van der Waals surface area contributed by atoms with Crippen molar-refractivity contribution >= 4 is 11.6 Å². The Labute approximate surface area is 184 Å². The van der Waals surface area contributed by atoms with Crippen molar-refractivity contribution in [2.24, 2.45) is 5.41 Å². The molecule has 3 rings (SSSR count). The number of hydrogen-bond acceptors (Lipinski definition) is 8. The van der Waals surface area contributed by atoms with Crippen LogP contribution in [0.5, 0.6) is 5.88 Å². The van der Waals surface area contributed by atoms with Crippen molar-refractivity contribution in [3.63, 3.8) is 0 Å². The zero-order valence-corrected chi connectivity index (χ0v) is 17.9. The van der Waals surface area contributed by atoms with E-state index in [0.717, 1.165) is 5.69 Å². The van der Waals surface area contributed by atoms with Gasteiger partial charge in [0, 0.05) is 32.8 Å². The van der Waals surface area contributed by atoms with E-state index in [1.165, 1.54) is 0 Å². The first-order valence-corrected chi connectivity index (χ1v) is 10.3. The second-order valence-electron chi connectivity index (χ2n) is 8.06. The van der Waals surface area contributed by atoms with Crippen LogP contribution in [0.25, 0.3) is 0 Å². The standard InChI is InChI=1S/C21H32FN3O6/c1-15(10-26)23-19(27)17-4-5-18(25-8-16(9-25)28-2)20(24-17)31-14-21(12-30-13-21)11-29-7-3-6-22/h4-5,15-16,26H,3,6-14H2,1-2H3,(H,23,27)/t15-/m0/s1/i6D2. The highest BCUT2D eigenvalue weighted by atomic mass is 19.1. The van der Waals surface area contributed by atoms with Crippen LogP contribution in [0.2, 0.25) is 0 Å². The van der Waals surface area contributed by atoms with E-state index < -0.39 is 24.0 Å². The van der Waals surface area contributed by atoms with E-state index in [2.05, 4.69) is 10.3 Å². The second-order valence-corrected chi connectivity index (χ2v) is 8.06. The molecule has 0 unspecified atom stereocenters. The minimum atomic E-state index is -2.77. The average Bonchev–Trinajstić information content (AvgIpc) is 2.71. The topological polar surface area (TPSA) is 102 Å². The van der Waals surface area contributed by atoms with Gasteiger partial charge in [-0.25, -0.2) is 4.98 Å². The number of pyridine rings is 1. The van der Waals surface area contributed by atoms with Gasteiger partial charge in [0.25, 0.3) is 5.91 Å². The smallest absolute Gasteiger partial charge is 0.270 e. The number of aliphatic hydroxyl groups is 1. The number of aromatic nitrogens is 1. The number of halogens is 1. The lowest BCUT2D eigenvalue weighted by atomic mass is 9.88. The first-order valence-electron chi connectivity index (χ1n) is 11.3. The van der Waals surface area contributed by atoms with Gasteiger partial charge in [0.05, 0.1) is 47.3 Å². The minimum absolute atomic E-state index is 0.0559. The Bertz CT molecular complexity index is 803. The van der Waals surface area contributed by atoms with E-state index in [1.807, 2.05) is 4.90 Å². The zero-order chi connectivity index (χ0) is 24.1. The molecule has 2 saturated heterocycles. The van der Waals surface area contributed by atoms with Crippen LogP contribution in [-0.4, -0.2) is 94.6 Å². The third kappa shape index (κ3) is 6.03. The Hall–Kier alpha value is -2.01. The molecule has 31 heavy (non-hydrogen) atoms. The van der Waals surface area contributed by atoms with Crippen molar-refractivity contribution in [3.05, 3.63) is 17.8 Å². The number of carbonyl (C=O) groups excluding carboxylic acids is 1. The van der Waals surface area contributed by atoms with Gasteiger partial charge >= 0.3 is 0 Å². The molecule has 2 aliphatic heterocycles. The van der Waals surface area contributed by atoms with Gasteiger partial charge in [0.15, 0.2) is 0 Å². The van der Waals surface area contributed by atoms with Gasteiger partial charge < -0.3 is 34.3 Å². The number of methoxy groups -OCH3 is 1. The minimum Gasteiger partial charge on any atom is -0.475 e. The summed E-state index contributed by atoms with van der Waals surface area (Å²) in [5.74, 6) is -0.128. The zero-order valence-electron chi connectivity index (χ0n) is 19.9. The highest BCUT2D eigenvalue weighted by Crippen LogP contribution is 2.34. The lowest BCUT2D eigenvalue weighted by molar-refractivity contribution is -0.164. The number of carbonyl (C=O) groups is 1. The van der Waals surface area contributed by atoms with Gasteiger partial charge in [-0.05, 0) is 25.5 Å². The average molecular weight is 444 g/mol. The SMILES string of the molecule is [2H]C([2H])(F)CCOCC1(COc2nc(C(=O)N[C@@H](C)CO)ccc2N2CC(OC)C2)COC1. The number of ether oxygens (including phenoxy) is 4. The Morgan fingerprint density at radius 1 is 1.48 bits per heavy atom. The number of anilines is 1. The number of hydrogen-bond donors (Lipinski definition) is 2. The molecule has 0 aromatic carbocycles. The quantitative estimate of drug-likeness (QED) is 0.432. The summed E-state index contributed by atoms with van der Waals surface area (Å²) in [5.41, 5.74) is 0.436. The Kier molecular flexibility index (Phi) is 7.43. The van der Waals surface area contributed by atoms with Crippen molar-refractivity contribution in [2.45, 2.75) is 25.5 Å². The molecule has 2 N–H and O–H groups in total. The van der Waals surface area contributed by atoms with Crippen LogP contribution in [0.4, 0.5) is 10.1 Å². The molecule has 1 amide bonds. The molecule has 174 valence electrons. The monoisotopic (exact) mass is 443 g/mol. The summed E-state index contributed by atoms with van der Waals surface area (Å²) in [5, 5.41) is 11.9. The Morgan fingerprint density at radius 3 is 2.87 bits per heavy atom. The molecule has 0 spiro atoms. The summed E-state index contributed by atoms with van der Waals surface area (Å²) in [7, 11) is 1.65. The number of rotatable bonds is 13. The van der Waals surface area contributed by atoms with Crippen LogP contribution in [-0.2, 0) is 14.2 Å². The molecule has 9 nitrogen and oxygen atoms in total. The summed E-state index contributed by atoms with van der Waals surface area (Å²) in [6, 6.07) is 2.97. The van der Waals surface area contributed by atoms with E-state index >= 15 is 0 Å². The van der Waals surface area contributed by atoms with E-state index in [1.54, 1.807) is 26.2 Å². The number of amides is 1. The second kappa shape index (κ2) is 11.0. The van der Waals surface area contributed by atoms with Crippen molar-refractivity contribution in [2.75, 3.05) is 71.4 Å². The van der Waals surface area contributed by atoms with Gasteiger partial charge in [0.2, 0.25) is 5.88 Å². The van der Waals surface area contributed by atoms with Crippen LogP contribution in [0.1, 0.15) is 26.6 Å². The van der Waals surface area contributed by atoms with Gasteiger partial charge in [-0.15, -0.1) is 0 Å². The number of alkyl halides is 1. The molecule has 1 aromatic heterocycles. The number of nitrogens with one attached hydrogen (secondary N) is 1. The number of nitrogens with zero attached hydrogens (tertiary/aromatic N) is 2. The highest BCUT2D eigenvalue weighted by Gasteiger charge is 2.41. The molecule has 0 aliphatic carbocycles. The van der Waals surface area contributed by atoms with E-state index in [9.17, 15) is 14.3 Å². The predicted molar refractivity (Wildman–Crippen MR) is 111 cm³/mol. The summed E-state index contributed by atoms with van der Waals surface area (Å²) in [6.07, 6.45) is -0.238. The summed E-state index contributed by atoms with van der Waals surface area (Å²) in [4.78, 5) is 18.9. The third-order valence-electron chi connectivity index (χ3n) is 5.33. The Balaban J connectivity index is 1.68. The maximum Gasteiger partial charge on any atom is 0.270 e. The Morgan fingerprint density at radius 2 is 2.26 bits per heavy atom. The third-order valence-corrected chi connectivity index (χ3v) is 5.33. The first-order chi connectivity index (χ1) is 15.6. The molecule has 2 aliphatic rings. The van der Waals surface area contributed by atoms with Gasteiger partial charge in [-0.3, -0.25) is 9.18 Å². The van der Waals surface area contributed by atoms with Crippen LogP contribution in [0.3, 0.4) is 0 Å². The maximum absolute atomic E-state index is 13.0. The van der Waals surface area contributed by atoms with E-state index in [0.29, 0.717) is 32.2 Å². The number of aliphatic hydroxyl groups excluding tert-OH is 1. The molecule has 3 heterocycles. The molecule has 0 saturated carbocycles. The summed E-state index contributed by atoms with van der Waals surface area (Å²) >= 11 is 0. The fourth-order valence-corrected chi connectivity index (χ4v) is 3.25. The van der Waals surface area contributed by atoms with Crippen LogP contribution < -0.4 is 15.0 Å². The fourth-order valence-electron chi connectivity index (χ4n) is 3.25. The van der Waals surface area contributed by atoms with Crippen LogP contribution in [0, 0.1) is 5.41 Å². The van der Waals surface area contributed by atoms with Crippen molar-refractivity contribution in [1.29, 1.82) is 0 Å². The van der Waals surface area contributed by atoms with E-state index in [-0.39, 0.29) is 44.6 Å². The van der Waals surface area contributed by atoms with Gasteiger partial charge in [0.1, 0.15) is 18.0 Å². The largest absolute Gasteiger partial charge is 0.475 e.